The molecule has 34 heavy (non-hydrogen) atoms. The third-order valence-electron chi connectivity index (χ3n) is 6.02. The molecule has 0 bridgehead atoms. The number of amides is 2. The Kier molecular flexibility index (Phi) is 7.57. The molecule has 0 unspecified atom stereocenters. The van der Waals surface area contributed by atoms with Gasteiger partial charge in [-0.2, -0.15) is 0 Å². The Labute approximate surface area is 197 Å². The first-order valence-electron chi connectivity index (χ1n) is 11.1. The van der Waals surface area contributed by atoms with Crippen molar-refractivity contribution in [1.29, 1.82) is 0 Å². The number of ether oxygens (including phenoxy) is 1. The number of hydroxylamine groups is 1. The number of carbonyl (C=O) groups is 2. The van der Waals surface area contributed by atoms with Crippen molar-refractivity contribution in [2.75, 3.05) is 32.8 Å². The average Bonchev–Trinajstić information content (AvgIpc) is 3.17. The lowest BCUT2D eigenvalue weighted by molar-refractivity contribution is -0.136. The molecular weight excluding hydrogens is 438 g/mol. The Morgan fingerprint density at radius 1 is 0.971 bits per heavy atom. The summed E-state index contributed by atoms with van der Waals surface area (Å²) in [6.07, 6.45) is -2.77. The maximum atomic E-state index is 12.8. The first-order chi connectivity index (χ1) is 16.5. The highest BCUT2D eigenvalue weighted by molar-refractivity contribution is 5.98. The summed E-state index contributed by atoms with van der Waals surface area (Å²) in [7, 11) is 0. The first kappa shape index (κ1) is 23.9. The van der Waals surface area contributed by atoms with Crippen LogP contribution in [0, 0.1) is 11.8 Å². The van der Waals surface area contributed by atoms with Crippen molar-refractivity contribution in [3.05, 3.63) is 70.8 Å². The number of aliphatic hydroxyl groups excluding tert-OH is 2. The molecule has 2 aromatic carbocycles. The normalized spacial score (nSPS) is 22.7. The van der Waals surface area contributed by atoms with Crippen LogP contribution in [0.25, 0.3) is 0 Å². The van der Waals surface area contributed by atoms with E-state index in [9.17, 15) is 19.8 Å². The Morgan fingerprint density at radius 2 is 1.56 bits per heavy atom. The smallest absolute Gasteiger partial charge is 0.268 e. The third-order valence-corrected chi connectivity index (χ3v) is 6.02. The van der Waals surface area contributed by atoms with Crippen molar-refractivity contribution in [2.45, 2.75) is 24.8 Å². The molecule has 2 heterocycles. The summed E-state index contributed by atoms with van der Waals surface area (Å²) in [5, 5.41) is 28.8. The van der Waals surface area contributed by atoms with Gasteiger partial charge in [-0.05, 0) is 42.0 Å². The number of morpholine rings is 1. The van der Waals surface area contributed by atoms with E-state index < -0.39 is 30.1 Å². The maximum Gasteiger partial charge on any atom is 0.268 e. The highest BCUT2D eigenvalue weighted by atomic mass is 16.5. The van der Waals surface area contributed by atoms with Gasteiger partial charge in [-0.25, -0.2) is 5.48 Å². The second-order valence-electron chi connectivity index (χ2n) is 8.35. The van der Waals surface area contributed by atoms with Crippen molar-refractivity contribution in [3.8, 4) is 11.8 Å². The molecule has 0 radical (unpaired) electrons. The molecule has 0 spiro atoms. The van der Waals surface area contributed by atoms with Crippen molar-refractivity contribution < 1.29 is 29.7 Å². The summed E-state index contributed by atoms with van der Waals surface area (Å²) in [5.74, 6) is 4.68. The molecule has 2 aliphatic rings. The zero-order chi connectivity index (χ0) is 24.1. The SMILES string of the molecule is O=C(NO)[C@H]1[C@H](O)[C@H](O)CN1C(=O)c1ccc(C#Cc2ccc(CN3CCOCC3)cc2)cc1. The average molecular weight is 466 g/mol. The monoisotopic (exact) mass is 465 g/mol. The summed E-state index contributed by atoms with van der Waals surface area (Å²) < 4.78 is 5.38. The van der Waals surface area contributed by atoms with Crippen molar-refractivity contribution in [3.63, 3.8) is 0 Å². The van der Waals surface area contributed by atoms with Crippen molar-refractivity contribution >= 4 is 11.8 Å². The van der Waals surface area contributed by atoms with Crippen molar-refractivity contribution in [2.24, 2.45) is 0 Å². The van der Waals surface area contributed by atoms with Gasteiger partial charge < -0.3 is 19.8 Å². The van der Waals surface area contributed by atoms with E-state index >= 15 is 0 Å². The van der Waals surface area contributed by atoms with E-state index in [0.29, 0.717) is 5.56 Å². The van der Waals surface area contributed by atoms with Gasteiger partial charge in [-0.15, -0.1) is 0 Å². The quantitative estimate of drug-likeness (QED) is 0.284. The number of β-amino-alcohol motifs (C(OH)–C–C–N with tert-alkyl or cyclic N) is 1. The highest BCUT2D eigenvalue weighted by Crippen LogP contribution is 2.22. The van der Waals surface area contributed by atoms with Crippen molar-refractivity contribution in [1.82, 2.24) is 15.3 Å². The summed E-state index contributed by atoms with van der Waals surface area (Å²) in [6, 6.07) is 13.3. The second kappa shape index (κ2) is 10.8. The van der Waals surface area contributed by atoms with Crippen LogP contribution in [0.3, 0.4) is 0 Å². The minimum atomic E-state index is -1.48. The summed E-state index contributed by atoms with van der Waals surface area (Å²) in [4.78, 5) is 28.1. The van der Waals surface area contributed by atoms with Crippen LogP contribution >= 0.6 is 0 Å². The molecule has 2 aromatic rings. The first-order valence-corrected chi connectivity index (χ1v) is 11.1. The summed E-state index contributed by atoms with van der Waals surface area (Å²) >= 11 is 0. The molecule has 178 valence electrons. The minimum Gasteiger partial charge on any atom is -0.388 e. The lowest BCUT2D eigenvalue weighted by atomic mass is 10.1. The van der Waals surface area contributed by atoms with Crippen LogP contribution in [0.15, 0.2) is 48.5 Å². The lowest BCUT2D eigenvalue weighted by Crippen LogP contribution is -2.49. The fraction of sp³-hybridized carbons (Fsp3) is 0.360. The van der Waals surface area contributed by atoms with Gasteiger partial charge in [0.1, 0.15) is 18.2 Å². The topological polar surface area (TPSA) is 123 Å². The molecule has 2 saturated heterocycles. The van der Waals surface area contributed by atoms with Gasteiger partial charge in [0.05, 0.1) is 19.8 Å². The molecule has 4 rings (SSSR count). The standard InChI is InChI=1S/C25H27N3O6/c29-21-16-28(22(23(21)30)24(31)26-33)25(32)20-9-7-18(8-10-20)2-1-17-3-5-19(6-4-17)15-27-11-13-34-14-12-27/h3-10,21-23,29-30,33H,11-16H2,(H,26,31)/t21-,22-,23-/m1/s1. The van der Waals surface area contributed by atoms with E-state index in [0.717, 1.165) is 43.3 Å². The molecule has 0 aliphatic carbocycles. The van der Waals surface area contributed by atoms with Gasteiger partial charge in [0.25, 0.3) is 11.8 Å². The van der Waals surface area contributed by atoms with E-state index in [4.69, 9.17) is 9.94 Å². The molecular formula is C25H27N3O6. The fourth-order valence-electron chi connectivity index (χ4n) is 4.11. The van der Waals surface area contributed by atoms with Crippen LogP contribution in [-0.2, 0) is 16.1 Å². The zero-order valence-electron chi connectivity index (χ0n) is 18.6. The molecule has 4 N–H and O–H groups in total. The van der Waals surface area contributed by atoms with Crippen LogP contribution < -0.4 is 5.48 Å². The lowest BCUT2D eigenvalue weighted by Gasteiger charge is -2.26. The fourth-order valence-corrected chi connectivity index (χ4v) is 4.11. The molecule has 2 amide bonds. The van der Waals surface area contributed by atoms with Gasteiger partial charge in [-0.1, -0.05) is 24.0 Å². The van der Waals surface area contributed by atoms with Crippen LogP contribution in [0.5, 0.6) is 0 Å². The minimum absolute atomic E-state index is 0.221. The summed E-state index contributed by atoms with van der Waals surface area (Å²) in [6.45, 7) is 4.09. The maximum absolute atomic E-state index is 12.8. The largest absolute Gasteiger partial charge is 0.388 e. The highest BCUT2D eigenvalue weighted by Gasteiger charge is 2.46. The van der Waals surface area contributed by atoms with E-state index in [1.807, 2.05) is 12.1 Å². The van der Waals surface area contributed by atoms with E-state index in [1.54, 1.807) is 24.3 Å². The number of benzene rings is 2. The molecule has 9 nitrogen and oxygen atoms in total. The Balaban J connectivity index is 1.39. The predicted octanol–water partition coefficient (Wildman–Crippen LogP) is -0.0298. The van der Waals surface area contributed by atoms with Gasteiger partial charge in [-0.3, -0.25) is 19.7 Å². The van der Waals surface area contributed by atoms with Gasteiger partial charge in [0.15, 0.2) is 0 Å². The van der Waals surface area contributed by atoms with Crippen LogP contribution in [0.1, 0.15) is 27.0 Å². The number of hydrogen-bond acceptors (Lipinski definition) is 7. The predicted molar refractivity (Wildman–Crippen MR) is 122 cm³/mol. The van der Waals surface area contributed by atoms with Crippen LogP contribution in [-0.4, -0.2) is 88.1 Å². The number of nitrogens with zero attached hydrogens (tertiary/aromatic N) is 2. The number of carbonyl (C=O) groups excluding carboxylic acids is 2. The Morgan fingerprint density at radius 3 is 2.15 bits per heavy atom. The molecule has 9 heteroatoms. The number of nitrogens with one attached hydrogen (secondary N) is 1. The van der Waals surface area contributed by atoms with Gasteiger partial charge in [0, 0.05) is 36.3 Å². The molecule has 0 aromatic heterocycles. The van der Waals surface area contributed by atoms with Gasteiger partial charge >= 0.3 is 0 Å². The number of likely N-dealkylation sites (tertiary alicyclic amines) is 1. The summed E-state index contributed by atoms with van der Waals surface area (Å²) in [5.41, 5.74) is 4.51. The van der Waals surface area contributed by atoms with Crippen LogP contribution in [0.4, 0.5) is 0 Å². The number of hydrogen-bond donors (Lipinski definition) is 4. The molecule has 2 aliphatic heterocycles. The number of rotatable bonds is 4. The van der Waals surface area contributed by atoms with E-state index in [1.165, 1.54) is 11.0 Å². The van der Waals surface area contributed by atoms with E-state index in [2.05, 4.69) is 28.9 Å². The van der Waals surface area contributed by atoms with E-state index in [-0.39, 0.29) is 12.1 Å². The Hall–Kier alpha value is -3.26. The zero-order valence-corrected chi connectivity index (χ0v) is 18.6. The molecule has 2 fully saturated rings. The second-order valence-corrected chi connectivity index (χ2v) is 8.35. The third kappa shape index (κ3) is 5.44. The molecule has 0 saturated carbocycles. The Bertz CT molecular complexity index is 1070. The number of aliphatic hydroxyl groups is 2. The van der Waals surface area contributed by atoms with Crippen LogP contribution in [0.2, 0.25) is 0 Å². The molecule has 3 atom stereocenters. The van der Waals surface area contributed by atoms with Gasteiger partial charge in [0.2, 0.25) is 0 Å².